The number of hydrogen-bond donors (Lipinski definition) is 1. The van der Waals surface area contributed by atoms with Crippen LogP contribution in [-0.4, -0.2) is 26.7 Å². The number of nitrogens with zero attached hydrogens (tertiary/aromatic N) is 4. The summed E-state index contributed by atoms with van der Waals surface area (Å²) in [5, 5.41) is 13.8. The van der Waals surface area contributed by atoms with Crippen molar-refractivity contribution in [2.75, 3.05) is 12.4 Å². The molecule has 0 saturated carbocycles. The van der Waals surface area contributed by atoms with Gasteiger partial charge in [-0.15, -0.1) is 0 Å². The highest BCUT2D eigenvalue weighted by Gasteiger charge is 2.31. The molecule has 174 valence electrons. The van der Waals surface area contributed by atoms with Crippen LogP contribution >= 0.6 is 0 Å². The molecule has 0 radical (unpaired) electrons. The molecule has 6 nitrogen and oxygen atoms in total. The molecular weight excluding hydrogens is 434 g/mol. The third-order valence-electron chi connectivity index (χ3n) is 6.56. The number of fused-ring (bicyclic) bond motifs is 3. The topological polar surface area (TPSA) is 56.9 Å². The van der Waals surface area contributed by atoms with E-state index in [2.05, 4.69) is 72.5 Å². The van der Waals surface area contributed by atoms with Crippen LogP contribution in [0.1, 0.15) is 28.6 Å². The molecule has 6 rings (SSSR count). The number of aromatic nitrogens is 4. The van der Waals surface area contributed by atoms with E-state index < -0.39 is 0 Å². The van der Waals surface area contributed by atoms with Crippen molar-refractivity contribution in [3.63, 3.8) is 0 Å². The number of nitrogens with one attached hydrogen (secondary N) is 1. The predicted molar refractivity (Wildman–Crippen MR) is 139 cm³/mol. The molecule has 0 amide bonds. The minimum absolute atomic E-state index is 0.206. The van der Waals surface area contributed by atoms with Gasteiger partial charge in [0.05, 0.1) is 29.9 Å². The molecule has 0 spiro atoms. The van der Waals surface area contributed by atoms with Gasteiger partial charge in [0.25, 0.3) is 0 Å². The molecule has 2 aromatic heterocycles. The summed E-state index contributed by atoms with van der Waals surface area (Å²) in [6.45, 7) is 6.34. The second-order valence-electron chi connectivity index (χ2n) is 9.11. The summed E-state index contributed by atoms with van der Waals surface area (Å²) in [5.74, 6) is 0.818. The standard InChI is InChI=1S/C29H27N5O/c1-18-14-19(2)27-24(15-18)26-16-20(3)31-34(26)29(30-27)25-17-33(22-8-6-5-7-9-22)32-28(25)21-10-12-23(35-4)13-11-21/h5-17,29-30H,1-4H3. The van der Waals surface area contributed by atoms with E-state index in [4.69, 9.17) is 14.9 Å². The van der Waals surface area contributed by atoms with Crippen molar-refractivity contribution in [2.24, 2.45) is 0 Å². The molecule has 1 unspecified atom stereocenters. The highest BCUT2D eigenvalue weighted by molar-refractivity contribution is 5.82. The lowest BCUT2D eigenvalue weighted by Gasteiger charge is -2.30. The lowest BCUT2D eigenvalue weighted by molar-refractivity contribution is 0.415. The Bertz CT molecular complexity index is 1530. The first-order valence-electron chi connectivity index (χ1n) is 11.8. The molecule has 1 aliphatic heterocycles. The van der Waals surface area contributed by atoms with Crippen LogP contribution in [0.4, 0.5) is 5.69 Å². The van der Waals surface area contributed by atoms with E-state index in [1.165, 1.54) is 16.7 Å². The summed E-state index contributed by atoms with van der Waals surface area (Å²) in [7, 11) is 1.68. The molecule has 0 bridgehead atoms. The van der Waals surface area contributed by atoms with Crippen molar-refractivity contribution < 1.29 is 4.74 Å². The van der Waals surface area contributed by atoms with Crippen molar-refractivity contribution in [3.05, 3.63) is 101 Å². The SMILES string of the molecule is COc1ccc(-c2nn(-c3ccccc3)cc2C2Nc3c(C)cc(C)cc3-c3cc(C)nn32)cc1. The molecule has 1 aliphatic rings. The first kappa shape index (κ1) is 21.2. The number of anilines is 1. The maximum absolute atomic E-state index is 5.39. The lowest BCUT2D eigenvalue weighted by atomic mass is 9.97. The highest BCUT2D eigenvalue weighted by Crippen LogP contribution is 2.43. The molecule has 0 fully saturated rings. The Morgan fingerprint density at radius 1 is 0.886 bits per heavy atom. The Morgan fingerprint density at radius 2 is 1.66 bits per heavy atom. The van der Waals surface area contributed by atoms with Crippen LogP contribution in [0.25, 0.3) is 28.2 Å². The summed E-state index contributed by atoms with van der Waals surface area (Å²) in [6.07, 6.45) is 1.91. The number of rotatable bonds is 4. The summed E-state index contributed by atoms with van der Waals surface area (Å²) in [4.78, 5) is 0. The van der Waals surface area contributed by atoms with Gasteiger partial charge in [0, 0.05) is 28.6 Å². The van der Waals surface area contributed by atoms with Crippen molar-refractivity contribution >= 4 is 5.69 Å². The summed E-state index contributed by atoms with van der Waals surface area (Å²) in [6, 6.07) is 24.9. The zero-order chi connectivity index (χ0) is 24.1. The second kappa shape index (κ2) is 8.17. The minimum atomic E-state index is -0.206. The van der Waals surface area contributed by atoms with E-state index in [-0.39, 0.29) is 6.17 Å². The third-order valence-corrected chi connectivity index (χ3v) is 6.56. The summed E-state index contributed by atoms with van der Waals surface area (Å²) in [5.41, 5.74) is 10.9. The monoisotopic (exact) mass is 461 g/mol. The van der Waals surface area contributed by atoms with E-state index in [0.717, 1.165) is 45.3 Å². The van der Waals surface area contributed by atoms with Gasteiger partial charge in [0.15, 0.2) is 6.17 Å². The van der Waals surface area contributed by atoms with Gasteiger partial charge in [-0.05, 0) is 74.9 Å². The van der Waals surface area contributed by atoms with Gasteiger partial charge in [0.1, 0.15) is 5.75 Å². The second-order valence-corrected chi connectivity index (χ2v) is 9.11. The molecular formula is C29H27N5O. The first-order chi connectivity index (χ1) is 17.0. The van der Waals surface area contributed by atoms with Crippen LogP contribution in [0, 0.1) is 20.8 Å². The van der Waals surface area contributed by atoms with Crippen molar-refractivity contribution in [1.29, 1.82) is 0 Å². The fourth-order valence-corrected chi connectivity index (χ4v) is 4.96. The van der Waals surface area contributed by atoms with Crippen LogP contribution < -0.4 is 10.1 Å². The zero-order valence-electron chi connectivity index (χ0n) is 20.3. The fraction of sp³-hybridized carbons (Fsp3) is 0.172. The number of methoxy groups -OCH3 is 1. The summed E-state index contributed by atoms with van der Waals surface area (Å²) >= 11 is 0. The fourth-order valence-electron chi connectivity index (χ4n) is 4.96. The average molecular weight is 462 g/mol. The molecule has 35 heavy (non-hydrogen) atoms. The van der Waals surface area contributed by atoms with Gasteiger partial charge >= 0.3 is 0 Å². The molecule has 3 aromatic carbocycles. The Morgan fingerprint density at radius 3 is 2.40 bits per heavy atom. The number of para-hydroxylation sites is 1. The van der Waals surface area contributed by atoms with Crippen LogP contribution in [-0.2, 0) is 0 Å². The largest absolute Gasteiger partial charge is 0.497 e. The van der Waals surface area contributed by atoms with E-state index >= 15 is 0 Å². The smallest absolute Gasteiger partial charge is 0.151 e. The molecule has 1 atom stereocenters. The van der Waals surface area contributed by atoms with Crippen molar-refractivity contribution in [2.45, 2.75) is 26.9 Å². The third kappa shape index (κ3) is 3.58. The van der Waals surface area contributed by atoms with Crippen LogP contribution in [0.2, 0.25) is 0 Å². The van der Waals surface area contributed by atoms with Gasteiger partial charge in [-0.3, -0.25) is 0 Å². The maximum atomic E-state index is 5.39. The van der Waals surface area contributed by atoms with Crippen LogP contribution in [0.15, 0.2) is 79.0 Å². The zero-order valence-corrected chi connectivity index (χ0v) is 20.3. The molecule has 0 aliphatic carbocycles. The van der Waals surface area contributed by atoms with Gasteiger partial charge in [0.2, 0.25) is 0 Å². The van der Waals surface area contributed by atoms with Gasteiger partial charge in [-0.25, -0.2) is 9.36 Å². The van der Waals surface area contributed by atoms with Crippen LogP contribution in [0.5, 0.6) is 5.75 Å². The van der Waals surface area contributed by atoms with Crippen molar-refractivity contribution in [3.8, 4) is 34.0 Å². The Balaban J connectivity index is 1.56. The first-order valence-corrected chi connectivity index (χ1v) is 11.8. The Hall–Kier alpha value is -4.32. The maximum Gasteiger partial charge on any atom is 0.151 e. The average Bonchev–Trinajstić information content (AvgIpc) is 3.48. The summed E-state index contributed by atoms with van der Waals surface area (Å²) < 4.78 is 9.43. The number of ether oxygens (including phenoxy) is 1. The van der Waals surface area contributed by atoms with Gasteiger partial charge < -0.3 is 10.1 Å². The molecule has 0 saturated heterocycles. The number of aryl methyl sites for hydroxylation is 3. The lowest BCUT2D eigenvalue weighted by Crippen LogP contribution is -2.26. The van der Waals surface area contributed by atoms with Crippen molar-refractivity contribution in [1.82, 2.24) is 19.6 Å². The molecule has 5 aromatic rings. The number of benzene rings is 3. The molecule has 3 heterocycles. The molecule has 1 N–H and O–H groups in total. The predicted octanol–water partition coefficient (Wildman–Crippen LogP) is 6.31. The van der Waals surface area contributed by atoms with Gasteiger partial charge in [-0.1, -0.05) is 29.8 Å². The minimum Gasteiger partial charge on any atom is -0.497 e. The quantitative estimate of drug-likeness (QED) is 0.341. The van der Waals surface area contributed by atoms with E-state index in [1.54, 1.807) is 7.11 Å². The Labute approximate surface area is 204 Å². The highest BCUT2D eigenvalue weighted by atomic mass is 16.5. The van der Waals surface area contributed by atoms with Gasteiger partial charge in [-0.2, -0.15) is 10.2 Å². The Kier molecular flexibility index (Phi) is 4.95. The van der Waals surface area contributed by atoms with E-state index in [1.807, 2.05) is 41.9 Å². The van der Waals surface area contributed by atoms with E-state index in [9.17, 15) is 0 Å². The normalized spacial score (nSPS) is 14.2. The molecule has 6 heteroatoms. The van der Waals surface area contributed by atoms with Crippen LogP contribution in [0.3, 0.4) is 0 Å². The number of hydrogen-bond acceptors (Lipinski definition) is 4. The van der Waals surface area contributed by atoms with E-state index in [0.29, 0.717) is 0 Å².